The Morgan fingerprint density at radius 2 is 2.00 bits per heavy atom. The van der Waals surface area contributed by atoms with E-state index in [4.69, 9.17) is 0 Å². The maximum absolute atomic E-state index is 13.9. The summed E-state index contributed by atoms with van der Waals surface area (Å²) in [4.78, 5) is 0. The minimum absolute atomic E-state index is 0.290. The Kier molecular flexibility index (Phi) is 3.51. The van der Waals surface area contributed by atoms with Crippen LogP contribution in [0.5, 0.6) is 0 Å². The van der Waals surface area contributed by atoms with Crippen molar-refractivity contribution in [1.29, 1.82) is 0 Å². The van der Waals surface area contributed by atoms with E-state index < -0.39 is 5.67 Å². The van der Waals surface area contributed by atoms with Gasteiger partial charge in [-0.15, -0.1) is 0 Å². The van der Waals surface area contributed by atoms with Gasteiger partial charge in [0.05, 0.1) is 0 Å². The largest absolute Gasteiger partial charge is 0.317 e. The molecule has 1 rings (SSSR count). The molecule has 0 amide bonds. The van der Waals surface area contributed by atoms with Gasteiger partial charge in [-0.25, -0.2) is 4.39 Å². The quantitative estimate of drug-likeness (QED) is 0.691. The predicted octanol–water partition coefficient (Wildman–Crippen LogP) is 2.51. The zero-order chi connectivity index (χ0) is 9.03. The van der Waals surface area contributed by atoms with Gasteiger partial charge in [0.15, 0.2) is 0 Å². The highest BCUT2D eigenvalue weighted by atomic mass is 19.1. The van der Waals surface area contributed by atoms with Gasteiger partial charge in [0.25, 0.3) is 0 Å². The number of hydrogen-bond donors (Lipinski definition) is 1. The summed E-state index contributed by atoms with van der Waals surface area (Å²) in [5.41, 5.74) is -0.920. The van der Waals surface area contributed by atoms with Gasteiger partial charge in [0, 0.05) is 0 Å². The highest BCUT2D eigenvalue weighted by Crippen LogP contribution is 2.33. The van der Waals surface area contributed by atoms with Crippen LogP contribution in [-0.4, -0.2) is 18.8 Å². The third-order valence-corrected chi connectivity index (χ3v) is 2.93. The number of rotatable bonds is 3. The summed E-state index contributed by atoms with van der Waals surface area (Å²) in [6, 6.07) is 0. The Labute approximate surface area is 74.7 Å². The van der Waals surface area contributed by atoms with Crippen LogP contribution in [0.25, 0.3) is 0 Å². The Balaban J connectivity index is 2.41. The van der Waals surface area contributed by atoms with E-state index in [2.05, 4.69) is 12.2 Å². The van der Waals surface area contributed by atoms with Crippen LogP contribution >= 0.6 is 0 Å². The molecule has 12 heavy (non-hydrogen) atoms. The molecule has 0 radical (unpaired) electrons. The molecule has 1 unspecified atom stereocenters. The van der Waals surface area contributed by atoms with Crippen LogP contribution in [0.1, 0.15) is 39.5 Å². The summed E-state index contributed by atoms with van der Waals surface area (Å²) in [5, 5.41) is 3.26. The molecule has 1 heterocycles. The van der Waals surface area contributed by atoms with Crippen molar-refractivity contribution in [3.8, 4) is 0 Å². The molecule has 1 aliphatic heterocycles. The molecule has 0 saturated carbocycles. The van der Waals surface area contributed by atoms with Crippen molar-refractivity contribution in [2.45, 2.75) is 45.2 Å². The molecule has 0 aliphatic carbocycles. The highest BCUT2D eigenvalue weighted by Gasteiger charge is 2.33. The van der Waals surface area contributed by atoms with Gasteiger partial charge in [-0.05, 0) is 45.2 Å². The highest BCUT2D eigenvalue weighted by molar-refractivity contribution is 4.85. The van der Waals surface area contributed by atoms with E-state index in [-0.39, 0.29) is 0 Å². The topological polar surface area (TPSA) is 12.0 Å². The van der Waals surface area contributed by atoms with Crippen molar-refractivity contribution in [1.82, 2.24) is 5.32 Å². The summed E-state index contributed by atoms with van der Waals surface area (Å²) in [5.74, 6) is 0.290. The first-order valence-electron chi connectivity index (χ1n) is 5.06. The first-order chi connectivity index (χ1) is 5.67. The maximum atomic E-state index is 13.9. The SMILES string of the molecule is CCCC(C)(F)C1CCNCC1. The van der Waals surface area contributed by atoms with Crippen molar-refractivity contribution in [3.63, 3.8) is 0 Å². The van der Waals surface area contributed by atoms with E-state index in [0.717, 1.165) is 38.8 Å². The monoisotopic (exact) mass is 173 g/mol. The Hall–Kier alpha value is -0.110. The van der Waals surface area contributed by atoms with Gasteiger partial charge in [-0.3, -0.25) is 0 Å². The Morgan fingerprint density at radius 3 is 2.50 bits per heavy atom. The molecular formula is C10H20FN. The molecule has 0 aromatic rings. The number of nitrogens with one attached hydrogen (secondary N) is 1. The van der Waals surface area contributed by atoms with Crippen LogP contribution < -0.4 is 5.32 Å². The zero-order valence-electron chi connectivity index (χ0n) is 8.20. The Bertz CT molecular complexity index is 128. The molecule has 1 atom stereocenters. The molecule has 1 nitrogen and oxygen atoms in total. The minimum Gasteiger partial charge on any atom is -0.317 e. The van der Waals surface area contributed by atoms with Crippen molar-refractivity contribution >= 4 is 0 Å². The van der Waals surface area contributed by atoms with Crippen LogP contribution in [-0.2, 0) is 0 Å². The van der Waals surface area contributed by atoms with Gasteiger partial charge >= 0.3 is 0 Å². The molecule has 1 N–H and O–H groups in total. The van der Waals surface area contributed by atoms with Gasteiger partial charge in [0.1, 0.15) is 5.67 Å². The normalized spacial score (nSPS) is 25.2. The molecule has 0 aromatic heterocycles. The smallest absolute Gasteiger partial charge is 0.111 e. The van der Waals surface area contributed by atoms with Crippen molar-refractivity contribution in [3.05, 3.63) is 0 Å². The van der Waals surface area contributed by atoms with Crippen LogP contribution in [0, 0.1) is 5.92 Å². The number of piperidine rings is 1. The van der Waals surface area contributed by atoms with Crippen molar-refractivity contribution < 1.29 is 4.39 Å². The summed E-state index contributed by atoms with van der Waals surface area (Å²) in [6.45, 7) is 5.81. The number of halogens is 1. The lowest BCUT2D eigenvalue weighted by atomic mass is 9.81. The van der Waals surface area contributed by atoms with Crippen LogP contribution in [0.4, 0.5) is 4.39 Å². The van der Waals surface area contributed by atoms with Crippen molar-refractivity contribution in [2.24, 2.45) is 5.92 Å². The molecular weight excluding hydrogens is 153 g/mol. The minimum atomic E-state index is -0.920. The molecule has 0 spiro atoms. The molecule has 1 fully saturated rings. The molecule has 2 heteroatoms. The van der Waals surface area contributed by atoms with Crippen molar-refractivity contribution in [2.75, 3.05) is 13.1 Å². The summed E-state index contributed by atoms with van der Waals surface area (Å²) in [7, 11) is 0. The molecule has 0 bridgehead atoms. The molecule has 72 valence electrons. The summed E-state index contributed by atoms with van der Waals surface area (Å²) in [6.07, 6.45) is 3.69. The summed E-state index contributed by atoms with van der Waals surface area (Å²) < 4.78 is 13.9. The maximum Gasteiger partial charge on any atom is 0.111 e. The fraction of sp³-hybridized carbons (Fsp3) is 1.00. The van der Waals surface area contributed by atoms with Gasteiger partial charge in [0.2, 0.25) is 0 Å². The van der Waals surface area contributed by atoms with E-state index in [9.17, 15) is 4.39 Å². The van der Waals surface area contributed by atoms with E-state index in [1.807, 2.05) is 0 Å². The Morgan fingerprint density at radius 1 is 1.42 bits per heavy atom. The van der Waals surface area contributed by atoms with E-state index in [0.29, 0.717) is 5.92 Å². The van der Waals surface area contributed by atoms with Gasteiger partial charge in [-0.1, -0.05) is 13.3 Å². The van der Waals surface area contributed by atoms with Crippen LogP contribution in [0.2, 0.25) is 0 Å². The van der Waals surface area contributed by atoms with E-state index >= 15 is 0 Å². The first kappa shape index (κ1) is 9.97. The second-order valence-electron chi connectivity index (χ2n) is 4.05. The molecule has 0 aromatic carbocycles. The van der Waals surface area contributed by atoms with Crippen LogP contribution in [0.15, 0.2) is 0 Å². The second kappa shape index (κ2) is 4.22. The average Bonchev–Trinajstić information content (AvgIpc) is 2.06. The van der Waals surface area contributed by atoms with E-state index in [1.165, 1.54) is 0 Å². The zero-order valence-corrected chi connectivity index (χ0v) is 8.20. The van der Waals surface area contributed by atoms with Crippen LogP contribution in [0.3, 0.4) is 0 Å². The standard InChI is InChI=1S/C10H20FN/c1-3-6-10(2,11)9-4-7-12-8-5-9/h9,12H,3-8H2,1-2H3. The summed E-state index contributed by atoms with van der Waals surface area (Å²) >= 11 is 0. The second-order valence-corrected chi connectivity index (χ2v) is 4.05. The third-order valence-electron chi connectivity index (χ3n) is 2.93. The number of alkyl halides is 1. The van der Waals surface area contributed by atoms with Gasteiger partial charge < -0.3 is 5.32 Å². The lowest BCUT2D eigenvalue weighted by Crippen LogP contribution is -2.38. The fourth-order valence-corrected chi connectivity index (χ4v) is 2.12. The molecule has 1 saturated heterocycles. The fourth-order valence-electron chi connectivity index (χ4n) is 2.12. The number of hydrogen-bond acceptors (Lipinski definition) is 1. The van der Waals surface area contributed by atoms with Gasteiger partial charge in [-0.2, -0.15) is 0 Å². The predicted molar refractivity (Wildman–Crippen MR) is 50.0 cm³/mol. The molecule has 1 aliphatic rings. The first-order valence-corrected chi connectivity index (χ1v) is 5.06. The average molecular weight is 173 g/mol. The lowest BCUT2D eigenvalue weighted by molar-refractivity contribution is 0.0693. The lowest BCUT2D eigenvalue weighted by Gasteiger charge is -2.33. The van der Waals surface area contributed by atoms with E-state index in [1.54, 1.807) is 6.92 Å². The third kappa shape index (κ3) is 2.44.